The van der Waals surface area contributed by atoms with E-state index >= 15 is 0 Å². The van der Waals surface area contributed by atoms with E-state index in [1.54, 1.807) is 13.4 Å². The second-order valence-electron chi connectivity index (χ2n) is 6.88. The van der Waals surface area contributed by atoms with E-state index in [2.05, 4.69) is 19.9 Å². The highest BCUT2D eigenvalue weighted by molar-refractivity contribution is 5.81. The molecule has 0 N–H and O–H groups in total. The van der Waals surface area contributed by atoms with E-state index in [1.807, 2.05) is 31.2 Å². The summed E-state index contributed by atoms with van der Waals surface area (Å²) in [4.78, 5) is 21.3. The van der Waals surface area contributed by atoms with Gasteiger partial charge in [0.25, 0.3) is 5.56 Å². The van der Waals surface area contributed by atoms with Gasteiger partial charge in [-0.2, -0.15) is 0 Å². The van der Waals surface area contributed by atoms with E-state index < -0.39 is 0 Å². The van der Waals surface area contributed by atoms with Crippen LogP contribution in [0.25, 0.3) is 10.9 Å². The lowest BCUT2D eigenvalue weighted by Gasteiger charge is -2.36. The minimum Gasteiger partial charge on any atom is -0.369 e. The van der Waals surface area contributed by atoms with Crippen molar-refractivity contribution in [2.75, 3.05) is 37.6 Å². The Morgan fingerprint density at radius 2 is 1.96 bits per heavy atom. The summed E-state index contributed by atoms with van der Waals surface area (Å²) < 4.78 is 6.79. The van der Waals surface area contributed by atoms with Crippen molar-refractivity contribution in [3.05, 3.63) is 52.4 Å². The number of anilines is 1. The van der Waals surface area contributed by atoms with Crippen LogP contribution in [0.4, 0.5) is 5.69 Å². The highest BCUT2D eigenvalue weighted by Gasteiger charge is 2.18. The largest absolute Gasteiger partial charge is 0.369 e. The first-order chi connectivity index (χ1) is 12.6. The van der Waals surface area contributed by atoms with Crippen molar-refractivity contribution in [1.82, 2.24) is 19.6 Å². The molecule has 0 atom stereocenters. The summed E-state index contributed by atoms with van der Waals surface area (Å²) in [6.45, 7) is 6.87. The van der Waals surface area contributed by atoms with Gasteiger partial charge in [0.15, 0.2) is 0 Å². The van der Waals surface area contributed by atoms with Gasteiger partial charge in [0.05, 0.1) is 22.9 Å². The van der Waals surface area contributed by atoms with Crippen LogP contribution in [0.5, 0.6) is 0 Å². The fourth-order valence-corrected chi connectivity index (χ4v) is 3.43. The Labute approximate surface area is 151 Å². The Morgan fingerprint density at radius 3 is 2.69 bits per heavy atom. The zero-order valence-corrected chi connectivity index (χ0v) is 15.2. The second-order valence-corrected chi connectivity index (χ2v) is 6.88. The maximum atomic E-state index is 12.1. The minimum absolute atomic E-state index is 0.00554. The number of piperazine rings is 1. The smallest absolute Gasteiger partial charge is 0.260 e. The molecule has 3 aromatic rings. The molecule has 0 unspecified atom stereocenters. The van der Waals surface area contributed by atoms with Crippen LogP contribution in [0, 0.1) is 6.92 Å². The Balaban J connectivity index is 1.39. The monoisotopic (exact) mass is 353 g/mol. The van der Waals surface area contributed by atoms with E-state index in [1.165, 1.54) is 4.57 Å². The van der Waals surface area contributed by atoms with Crippen LogP contribution in [0.3, 0.4) is 0 Å². The van der Waals surface area contributed by atoms with Gasteiger partial charge in [0.1, 0.15) is 5.76 Å². The summed E-state index contributed by atoms with van der Waals surface area (Å²) >= 11 is 0. The average molecular weight is 353 g/mol. The molecule has 7 nitrogen and oxygen atoms in total. The van der Waals surface area contributed by atoms with Crippen molar-refractivity contribution in [3.63, 3.8) is 0 Å². The second kappa shape index (κ2) is 6.92. The van der Waals surface area contributed by atoms with Gasteiger partial charge < -0.3 is 14.0 Å². The van der Waals surface area contributed by atoms with Crippen molar-refractivity contribution in [3.8, 4) is 0 Å². The Morgan fingerprint density at radius 1 is 1.15 bits per heavy atom. The molecule has 3 heterocycles. The van der Waals surface area contributed by atoms with E-state index in [-0.39, 0.29) is 5.56 Å². The summed E-state index contributed by atoms with van der Waals surface area (Å²) in [6.07, 6.45) is 2.47. The molecule has 4 rings (SSSR count). The van der Waals surface area contributed by atoms with Crippen molar-refractivity contribution in [1.29, 1.82) is 0 Å². The number of hydrogen-bond donors (Lipinski definition) is 0. The van der Waals surface area contributed by atoms with Gasteiger partial charge in [0, 0.05) is 57.9 Å². The minimum atomic E-state index is -0.00554. The van der Waals surface area contributed by atoms with Crippen LogP contribution in [-0.2, 0) is 13.5 Å². The normalized spacial score (nSPS) is 15.7. The van der Waals surface area contributed by atoms with E-state index in [4.69, 9.17) is 4.52 Å². The van der Waals surface area contributed by atoms with Gasteiger partial charge >= 0.3 is 0 Å². The molecule has 0 bridgehead atoms. The first-order valence-electron chi connectivity index (χ1n) is 8.95. The molecule has 0 spiro atoms. The summed E-state index contributed by atoms with van der Waals surface area (Å²) in [6, 6.07) is 7.93. The van der Waals surface area contributed by atoms with Crippen LogP contribution in [0.15, 0.2) is 39.9 Å². The number of aromatic nitrogens is 3. The van der Waals surface area contributed by atoms with Crippen LogP contribution in [-0.4, -0.2) is 52.3 Å². The molecule has 0 saturated carbocycles. The molecule has 1 aliphatic rings. The molecule has 1 aliphatic heterocycles. The lowest BCUT2D eigenvalue weighted by atomic mass is 10.2. The number of benzene rings is 1. The van der Waals surface area contributed by atoms with Crippen LogP contribution in [0.1, 0.15) is 11.5 Å². The van der Waals surface area contributed by atoms with Crippen molar-refractivity contribution in [2.45, 2.75) is 13.3 Å². The molecular weight excluding hydrogens is 330 g/mol. The lowest BCUT2D eigenvalue weighted by molar-refractivity contribution is 0.250. The molecule has 7 heteroatoms. The Kier molecular flexibility index (Phi) is 4.46. The summed E-state index contributed by atoms with van der Waals surface area (Å²) in [5.41, 5.74) is 2.82. The number of nitrogens with zero attached hydrogens (tertiary/aromatic N) is 5. The average Bonchev–Trinajstić information content (AvgIpc) is 3.08. The fraction of sp³-hybridized carbons (Fsp3) is 0.421. The SMILES string of the molecule is Cc1cc(CCN2CCN(c3ccc4c(=O)n(C)cnc4c3)CC2)on1. The highest BCUT2D eigenvalue weighted by Crippen LogP contribution is 2.20. The topological polar surface area (TPSA) is 67.4 Å². The molecule has 2 aromatic heterocycles. The third-order valence-electron chi connectivity index (χ3n) is 4.99. The lowest BCUT2D eigenvalue weighted by Crippen LogP contribution is -2.47. The predicted octanol–water partition coefficient (Wildman–Crippen LogP) is 1.59. The van der Waals surface area contributed by atoms with Crippen molar-refractivity contribution in [2.24, 2.45) is 7.05 Å². The van der Waals surface area contributed by atoms with Gasteiger partial charge in [0.2, 0.25) is 0 Å². The molecule has 0 aliphatic carbocycles. The van der Waals surface area contributed by atoms with E-state index in [9.17, 15) is 4.79 Å². The van der Waals surface area contributed by atoms with Crippen LogP contribution in [0.2, 0.25) is 0 Å². The summed E-state index contributed by atoms with van der Waals surface area (Å²) in [5, 5.41) is 4.60. The maximum absolute atomic E-state index is 12.1. The summed E-state index contributed by atoms with van der Waals surface area (Å²) in [5.74, 6) is 0.951. The van der Waals surface area contributed by atoms with Gasteiger partial charge in [-0.15, -0.1) is 0 Å². The van der Waals surface area contributed by atoms with Gasteiger partial charge in [-0.1, -0.05) is 5.16 Å². The van der Waals surface area contributed by atoms with Gasteiger partial charge in [-0.3, -0.25) is 9.69 Å². The maximum Gasteiger partial charge on any atom is 0.260 e. The fourth-order valence-electron chi connectivity index (χ4n) is 3.43. The highest BCUT2D eigenvalue weighted by atomic mass is 16.5. The third kappa shape index (κ3) is 3.35. The van der Waals surface area contributed by atoms with E-state index in [0.717, 1.165) is 61.8 Å². The quantitative estimate of drug-likeness (QED) is 0.710. The number of hydrogen-bond acceptors (Lipinski definition) is 6. The van der Waals surface area contributed by atoms with Crippen LogP contribution >= 0.6 is 0 Å². The molecule has 26 heavy (non-hydrogen) atoms. The van der Waals surface area contributed by atoms with E-state index in [0.29, 0.717) is 5.39 Å². The summed E-state index contributed by atoms with van der Waals surface area (Å²) in [7, 11) is 1.72. The van der Waals surface area contributed by atoms with Gasteiger partial charge in [-0.25, -0.2) is 4.98 Å². The van der Waals surface area contributed by atoms with Gasteiger partial charge in [-0.05, 0) is 25.1 Å². The molecule has 136 valence electrons. The molecule has 0 amide bonds. The number of rotatable bonds is 4. The predicted molar refractivity (Wildman–Crippen MR) is 101 cm³/mol. The molecule has 1 fully saturated rings. The Hall–Kier alpha value is -2.67. The molecular formula is C19H23N5O2. The standard InChI is InChI=1S/C19H23N5O2/c1-14-11-16(26-21-14)5-6-23-7-9-24(10-8-23)15-3-4-17-18(12-15)20-13-22(2)19(17)25/h3-4,11-13H,5-10H2,1-2H3. The first-order valence-corrected chi connectivity index (χ1v) is 8.95. The third-order valence-corrected chi connectivity index (χ3v) is 4.99. The first kappa shape index (κ1) is 16.8. The number of fused-ring (bicyclic) bond motifs is 1. The number of aryl methyl sites for hydroxylation is 2. The molecule has 1 aromatic carbocycles. The van der Waals surface area contributed by atoms with Crippen LogP contribution < -0.4 is 10.5 Å². The zero-order valence-electron chi connectivity index (χ0n) is 15.2. The molecule has 0 radical (unpaired) electrons. The zero-order chi connectivity index (χ0) is 18.1. The Bertz CT molecular complexity index is 969. The molecule has 1 saturated heterocycles. The van der Waals surface area contributed by atoms with Crippen molar-refractivity contribution >= 4 is 16.6 Å². The van der Waals surface area contributed by atoms with Crippen molar-refractivity contribution < 1.29 is 4.52 Å².